The highest BCUT2D eigenvalue weighted by molar-refractivity contribution is 7.98. The number of hydrogen-bond acceptors (Lipinski definition) is 9. The van der Waals surface area contributed by atoms with Crippen LogP contribution in [-0.2, 0) is 10.5 Å². The number of nitrogens with zero attached hydrogens (tertiary/aromatic N) is 4. The molecule has 9 nitrogen and oxygen atoms in total. The van der Waals surface area contributed by atoms with Crippen LogP contribution in [0.4, 0.5) is 10.5 Å². The lowest BCUT2D eigenvalue weighted by atomic mass is 10.2. The van der Waals surface area contributed by atoms with Crippen molar-refractivity contribution in [3.8, 4) is 11.5 Å². The van der Waals surface area contributed by atoms with Gasteiger partial charge < -0.3 is 24.0 Å². The van der Waals surface area contributed by atoms with Crippen LogP contribution in [0, 0.1) is 0 Å². The Morgan fingerprint density at radius 1 is 1.03 bits per heavy atom. The number of carbonyl (C=O) groups excluding carboxylic acids is 1. The summed E-state index contributed by atoms with van der Waals surface area (Å²) in [5.74, 6) is 3.05. The third kappa shape index (κ3) is 5.18. The van der Waals surface area contributed by atoms with Crippen molar-refractivity contribution in [1.82, 2.24) is 15.2 Å². The van der Waals surface area contributed by atoms with Gasteiger partial charge in [-0.3, -0.25) is 0 Å². The van der Waals surface area contributed by atoms with Crippen molar-refractivity contribution in [1.29, 1.82) is 0 Å². The van der Waals surface area contributed by atoms with Crippen molar-refractivity contribution in [2.75, 3.05) is 57.7 Å². The molecule has 1 amide bonds. The molecule has 1 aliphatic heterocycles. The second-order valence-electron chi connectivity index (χ2n) is 7.27. The molecule has 170 valence electrons. The summed E-state index contributed by atoms with van der Waals surface area (Å²) >= 11 is 1.70. The summed E-state index contributed by atoms with van der Waals surface area (Å²) in [5, 5.41) is 7.66. The Balaban J connectivity index is 1.18. The largest absolute Gasteiger partial charge is 0.497 e. The first-order valence-corrected chi connectivity index (χ1v) is 11.5. The van der Waals surface area contributed by atoms with E-state index in [0.29, 0.717) is 32.8 Å². The molecular formula is C22H26N4O5S. The maximum absolute atomic E-state index is 12.4. The van der Waals surface area contributed by atoms with E-state index < -0.39 is 0 Å². The number of methoxy groups -OCH3 is 2. The van der Waals surface area contributed by atoms with Gasteiger partial charge in [0.05, 0.1) is 19.9 Å². The molecule has 2 aromatic carbocycles. The van der Waals surface area contributed by atoms with Crippen LogP contribution in [0.2, 0.25) is 0 Å². The van der Waals surface area contributed by atoms with E-state index in [2.05, 4.69) is 15.2 Å². The third-order valence-corrected chi connectivity index (χ3v) is 6.30. The number of benzene rings is 2. The summed E-state index contributed by atoms with van der Waals surface area (Å²) in [5.41, 5.74) is 3.63. The number of aromatic nitrogens is 2. The van der Waals surface area contributed by atoms with Gasteiger partial charge in [0.1, 0.15) is 29.1 Å². The van der Waals surface area contributed by atoms with E-state index in [1.54, 1.807) is 30.9 Å². The highest BCUT2D eigenvalue weighted by Gasteiger charge is 2.24. The van der Waals surface area contributed by atoms with E-state index >= 15 is 0 Å². The number of anilines is 1. The van der Waals surface area contributed by atoms with Gasteiger partial charge in [-0.2, -0.15) is 11.8 Å². The Morgan fingerprint density at radius 2 is 1.84 bits per heavy atom. The Labute approximate surface area is 190 Å². The van der Waals surface area contributed by atoms with Crippen LogP contribution in [0.15, 0.2) is 41.0 Å². The maximum Gasteiger partial charge on any atom is 0.409 e. The van der Waals surface area contributed by atoms with E-state index in [0.717, 1.165) is 45.3 Å². The van der Waals surface area contributed by atoms with Gasteiger partial charge in [-0.05, 0) is 40.1 Å². The van der Waals surface area contributed by atoms with E-state index in [1.165, 1.54) is 0 Å². The third-order valence-electron chi connectivity index (χ3n) is 5.31. The molecule has 3 aromatic rings. The molecule has 0 N–H and O–H groups in total. The van der Waals surface area contributed by atoms with E-state index in [-0.39, 0.29) is 6.09 Å². The highest BCUT2D eigenvalue weighted by atomic mass is 32.2. The molecule has 0 bridgehead atoms. The molecule has 4 rings (SSSR count). The van der Waals surface area contributed by atoms with Gasteiger partial charge in [-0.25, -0.2) is 9.42 Å². The fourth-order valence-corrected chi connectivity index (χ4v) is 4.32. The summed E-state index contributed by atoms with van der Waals surface area (Å²) < 4.78 is 20.9. The second-order valence-corrected chi connectivity index (χ2v) is 8.37. The van der Waals surface area contributed by atoms with Crippen molar-refractivity contribution >= 4 is 34.6 Å². The highest BCUT2D eigenvalue weighted by Crippen LogP contribution is 2.32. The van der Waals surface area contributed by atoms with Gasteiger partial charge in [-0.1, -0.05) is 6.07 Å². The van der Waals surface area contributed by atoms with Crippen LogP contribution >= 0.6 is 11.8 Å². The Hall–Kier alpha value is -3.14. The van der Waals surface area contributed by atoms with Gasteiger partial charge in [0.15, 0.2) is 0 Å². The number of piperazine rings is 1. The normalized spacial score (nSPS) is 13.9. The monoisotopic (exact) mass is 458 g/mol. The molecular weight excluding hydrogens is 432 g/mol. The number of amides is 1. The van der Waals surface area contributed by atoms with Crippen molar-refractivity contribution in [3.05, 3.63) is 42.0 Å². The van der Waals surface area contributed by atoms with Crippen LogP contribution in [0.25, 0.3) is 11.0 Å². The van der Waals surface area contributed by atoms with E-state index in [4.69, 9.17) is 18.8 Å². The van der Waals surface area contributed by atoms with Gasteiger partial charge in [-0.15, -0.1) is 0 Å². The number of hydrogen-bond donors (Lipinski definition) is 0. The molecule has 0 radical (unpaired) electrons. The van der Waals surface area contributed by atoms with Crippen LogP contribution < -0.4 is 14.4 Å². The van der Waals surface area contributed by atoms with Gasteiger partial charge in [0, 0.05) is 43.8 Å². The van der Waals surface area contributed by atoms with Gasteiger partial charge in [0.25, 0.3) is 0 Å². The molecule has 32 heavy (non-hydrogen) atoms. The Bertz CT molecular complexity index is 1050. The van der Waals surface area contributed by atoms with Gasteiger partial charge >= 0.3 is 6.09 Å². The zero-order chi connectivity index (χ0) is 22.3. The van der Waals surface area contributed by atoms with Crippen molar-refractivity contribution < 1.29 is 23.6 Å². The molecule has 10 heteroatoms. The Morgan fingerprint density at radius 3 is 2.62 bits per heavy atom. The molecule has 0 unspecified atom stereocenters. The SMILES string of the molecule is COc1ccc(N2CCN(C(=O)OCCSCc3ccc4nonc4c3)CC2)c(OC)c1. The first-order chi connectivity index (χ1) is 15.7. The average molecular weight is 459 g/mol. The second kappa shape index (κ2) is 10.4. The number of ether oxygens (including phenoxy) is 3. The molecule has 0 spiro atoms. The van der Waals surface area contributed by atoms with Gasteiger partial charge in [0.2, 0.25) is 0 Å². The number of thioether (sulfide) groups is 1. The number of fused-ring (bicyclic) bond motifs is 1. The van der Waals surface area contributed by atoms with Crippen molar-refractivity contribution in [2.45, 2.75) is 5.75 Å². The summed E-state index contributed by atoms with van der Waals surface area (Å²) in [6.45, 7) is 3.02. The zero-order valence-corrected chi connectivity index (χ0v) is 19.0. The minimum atomic E-state index is -0.262. The lowest BCUT2D eigenvalue weighted by Gasteiger charge is -2.36. The van der Waals surface area contributed by atoms with Crippen LogP contribution in [0.1, 0.15) is 5.56 Å². The smallest absolute Gasteiger partial charge is 0.409 e. The molecule has 0 saturated carbocycles. The fraction of sp³-hybridized carbons (Fsp3) is 0.409. The quantitative estimate of drug-likeness (QED) is 0.471. The molecule has 0 aliphatic carbocycles. The fourth-order valence-electron chi connectivity index (χ4n) is 3.56. The first-order valence-electron chi connectivity index (χ1n) is 10.4. The minimum Gasteiger partial charge on any atom is -0.497 e. The predicted octanol–water partition coefficient (Wildman–Crippen LogP) is 3.43. The standard InChI is InChI=1S/C22H26N4O5S/c1-28-17-4-6-20(21(14-17)29-2)25-7-9-26(10-8-25)22(27)30-11-12-32-15-16-3-5-18-19(13-16)24-31-23-18/h3-6,13-14H,7-12,15H2,1-2H3. The Kier molecular flexibility index (Phi) is 7.21. The predicted molar refractivity (Wildman–Crippen MR) is 123 cm³/mol. The average Bonchev–Trinajstić information content (AvgIpc) is 3.31. The van der Waals surface area contributed by atoms with E-state index in [9.17, 15) is 4.79 Å². The maximum atomic E-state index is 12.4. The molecule has 1 fully saturated rings. The summed E-state index contributed by atoms with van der Waals surface area (Å²) in [6, 6.07) is 11.6. The van der Waals surface area contributed by atoms with Crippen molar-refractivity contribution in [2.24, 2.45) is 0 Å². The summed E-state index contributed by atoms with van der Waals surface area (Å²) in [7, 11) is 3.28. The summed E-state index contributed by atoms with van der Waals surface area (Å²) in [4.78, 5) is 16.4. The molecule has 1 aromatic heterocycles. The van der Waals surface area contributed by atoms with Crippen LogP contribution in [0.3, 0.4) is 0 Å². The molecule has 1 saturated heterocycles. The molecule has 0 atom stereocenters. The minimum absolute atomic E-state index is 0.262. The first kappa shape index (κ1) is 22.1. The summed E-state index contributed by atoms with van der Waals surface area (Å²) in [6.07, 6.45) is -0.262. The lowest BCUT2D eigenvalue weighted by Crippen LogP contribution is -2.49. The molecule has 1 aliphatic rings. The zero-order valence-electron chi connectivity index (χ0n) is 18.2. The van der Waals surface area contributed by atoms with Crippen LogP contribution in [-0.4, -0.2) is 74.1 Å². The topological polar surface area (TPSA) is 90.2 Å². The molecule has 2 heterocycles. The lowest BCUT2D eigenvalue weighted by molar-refractivity contribution is 0.106. The number of carbonyl (C=O) groups is 1. The number of rotatable bonds is 8. The van der Waals surface area contributed by atoms with E-state index in [1.807, 2.05) is 36.4 Å². The van der Waals surface area contributed by atoms with Crippen molar-refractivity contribution in [3.63, 3.8) is 0 Å². The van der Waals surface area contributed by atoms with Crippen LogP contribution in [0.5, 0.6) is 11.5 Å².